The summed E-state index contributed by atoms with van der Waals surface area (Å²) >= 11 is 7.26. The van der Waals surface area contributed by atoms with Crippen molar-refractivity contribution in [2.75, 3.05) is 13.2 Å². The predicted molar refractivity (Wildman–Crippen MR) is 112 cm³/mol. The Morgan fingerprint density at radius 2 is 1.93 bits per heavy atom. The molecule has 3 aromatic rings. The number of thioether (sulfide) groups is 1. The zero-order chi connectivity index (χ0) is 20.8. The summed E-state index contributed by atoms with van der Waals surface area (Å²) in [5.41, 5.74) is 1.61. The van der Waals surface area contributed by atoms with E-state index in [9.17, 15) is 10.1 Å². The molecule has 0 aliphatic rings. The van der Waals surface area contributed by atoms with Gasteiger partial charge in [-0.25, -0.2) is 0 Å². The molecule has 148 valence electrons. The molecule has 29 heavy (non-hydrogen) atoms. The zero-order valence-corrected chi connectivity index (χ0v) is 17.1. The highest BCUT2D eigenvalue weighted by molar-refractivity contribution is 7.99. The van der Waals surface area contributed by atoms with E-state index >= 15 is 0 Å². The van der Waals surface area contributed by atoms with Crippen molar-refractivity contribution in [3.05, 3.63) is 75.1 Å². The van der Waals surface area contributed by atoms with Crippen LogP contribution >= 0.6 is 23.4 Å². The molecule has 2 aromatic carbocycles. The van der Waals surface area contributed by atoms with Crippen LogP contribution in [0.3, 0.4) is 0 Å². The lowest BCUT2D eigenvalue weighted by molar-refractivity contribution is -0.479. The molecule has 1 atom stereocenters. The Morgan fingerprint density at radius 3 is 2.55 bits per heavy atom. The van der Waals surface area contributed by atoms with Gasteiger partial charge in [-0.1, -0.05) is 41.4 Å². The molecular formula is C20H17ClN4O3S. The third-order valence-corrected chi connectivity index (χ3v) is 5.45. The van der Waals surface area contributed by atoms with Crippen molar-refractivity contribution >= 4 is 23.4 Å². The maximum atomic E-state index is 11.3. The van der Waals surface area contributed by atoms with E-state index in [0.29, 0.717) is 21.8 Å². The Hall–Kier alpha value is -3.02. The third-order valence-electron chi connectivity index (χ3n) is 4.02. The average Bonchev–Trinajstić information content (AvgIpc) is 3.07. The van der Waals surface area contributed by atoms with Crippen LogP contribution < -0.4 is 4.74 Å². The number of nitrogens with zero attached hydrogens (tertiary/aromatic N) is 4. The van der Waals surface area contributed by atoms with E-state index in [4.69, 9.17) is 22.8 Å². The molecule has 1 aromatic heterocycles. The molecule has 0 aliphatic heterocycles. The highest BCUT2D eigenvalue weighted by atomic mass is 35.5. The van der Waals surface area contributed by atoms with Crippen molar-refractivity contribution < 1.29 is 9.66 Å². The molecule has 0 radical (unpaired) electrons. The van der Waals surface area contributed by atoms with Crippen molar-refractivity contribution in [2.45, 2.75) is 17.3 Å². The van der Waals surface area contributed by atoms with Gasteiger partial charge in [-0.05, 0) is 48.9 Å². The summed E-state index contributed by atoms with van der Waals surface area (Å²) in [6.07, 6.45) is 5.19. The lowest BCUT2D eigenvalue weighted by atomic mass is 10.1. The van der Waals surface area contributed by atoms with Crippen LogP contribution in [0.2, 0.25) is 5.02 Å². The summed E-state index contributed by atoms with van der Waals surface area (Å²) in [7, 11) is 0. The fourth-order valence-corrected chi connectivity index (χ4v) is 3.98. The normalized spacial score (nSPS) is 11.6. The Morgan fingerprint density at radius 1 is 1.24 bits per heavy atom. The maximum absolute atomic E-state index is 11.3. The van der Waals surface area contributed by atoms with Crippen molar-refractivity contribution in [2.24, 2.45) is 0 Å². The molecule has 9 heteroatoms. The second-order valence-electron chi connectivity index (χ2n) is 6.03. The number of aryl methyl sites for hydroxylation is 1. The SMILES string of the molecule is C#CCOc1ccc([C@@H](C[N+](=O)[O-])Sc2nnc(C)n2-c2ccc(Cl)cc2)cc1. The number of rotatable bonds is 8. The Kier molecular flexibility index (Phi) is 6.75. The van der Waals surface area contributed by atoms with Crippen LogP contribution in [0.5, 0.6) is 5.75 Å². The van der Waals surface area contributed by atoms with E-state index in [1.807, 2.05) is 23.6 Å². The summed E-state index contributed by atoms with van der Waals surface area (Å²) in [6, 6.07) is 14.3. The molecule has 3 rings (SSSR count). The second kappa shape index (κ2) is 9.45. The van der Waals surface area contributed by atoms with Crippen LogP contribution in [0, 0.1) is 29.4 Å². The Labute approximate surface area is 177 Å². The summed E-state index contributed by atoms with van der Waals surface area (Å²) in [5, 5.41) is 20.3. The fourth-order valence-electron chi connectivity index (χ4n) is 2.68. The molecule has 0 bridgehead atoms. The minimum atomic E-state index is -0.457. The molecule has 7 nitrogen and oxygen atoms in total. The summed E-state index contributed by atoms with van der Waals surface area (Å²) in [4.78, 5) is 10.9. The lowest BCUT2D eigenvalue weighted by Gasteiger charge is -2.15. The minimum absolute atomic E-state index is 0.163. The van der Waals surface area contributed by atoms with Crippen molar-refractivity contribution in [1.29, 1.82) is 0 Å². The van der Waals surface area contributed by atoms with Gasteiger partial charge in [0.2, 0.25) is 6.54 Å². The second-order valence-corrected chi connectivity index (χ2v) is 7.63. The number of halogens is 1. The lowest BCUT2D eigenvalue weighted by Crippen LogP contribution is -2.11. The number of hydrogen-bond acceptors (Lipinski definition) is 6. The predicted octanol–water partition coefficient (Wildman–Crippen LogP) is 4.35. The third kappa shape index (κ3) is 5.28. The van der Waals surface area contributed by atoms with Gasteiger partial charge >= 0.3 is 0 Å². The topological polar surface area (TPSA) is 83.1 Å². The Balaban J connectivity index is 1.89. The van der Waals surface area contributed by atoms with Gasteiger partial charge in [-0.2, -0.15) is 0 Å². The molecule has 0 saturated heterocycles. The first kappa shape index (κ1) is 20.7. The van der Waals surface area contributed by atoms with Gasteiger partial charge in [-0.3, -0.25) is 14.7 Å². The molecule has 0 saturated carbocycles. The van der Waals surface area contributed by atoms with Gasteiger partial charge in [0.1, 0.15) is 23.4 Å². The number of hydrogen-bond donors (Lipinski definition) is 0. The summed E-state index contributed by atoms with van der Waals surface area (Å²) in [6.45, 7) is 1.73. The van der Waals surface area contributed by atoms with Crippen molar-refractivity contribution in [1.82, 2.24) is 14.8 Å². The molecule has 0 aliphatic carbocycles. The molecule has 0 amide bonds. The summed E-state index contributed by atoms with van der Waals surface area (Å²) < 4.78 is 7.21. The number of ether oxygens (including phenoxy) is 1. The van der Waals surface area contributed by atoms with E-state index in [-0.39, 0.29) is 18.1 Å². The van der Waals surface area contributed by atoms with Gasteiger partial charge in [0.05, 0.1) is 0 Å². The quantitative estimate of drug-likeness (QED) is 0.229. The van der Waals surface area contributed by atoms with Gasteiger partial charge in [0.25, 0.3) is 0 Å². The monoisotopic (exact) mass is 428 g/mol. The first-order valence-electron chi connectivity index (χ1n) is 8.60. The highest BCUT2D eigenvalue weighted by Gasteiger charge is 2.23. The fraction of sp³-hybridized carbons (Fsp3) is 0.200. The number of nitro groups is 1. The van der Waals surface area contributed by atoms with E-state index in [1.54, 1.807) is 36.4 Å². The van der Waals surface area contributed by atoms with Crippen molar-refractivity contribution in [3.63, 3.8) is 0 Å². The number of terminal acetylenes is 1. The Bertz CT molecular complexity index is 1030. The van der Waals surface area contributed by atoms with Crippen LogP contribution in [-0.2, 0) is 0 Å². The average molecular weight is 429 g/mol. The van der Waals surface area contributed by atoms with E-state index in [0.717, 1.165) is 11.3 Å². The molecule has 0 spiro atoms. The zero-order valence-electron chi connectivity index (χ0n) is 15.5. The van der Waals surface area contributed by atoms with Crippen LogP contribution in [0.4, 0.5) is 0 Å². The molecule has 1 heterocycles. The van der Waals surface area contributed by atoms with E-state index in [2.05, 4.69) is 16.1 Å². The maximum Gasteiger partial charge on any atom is 0.220 e. The smallest absolute Gasteiger partial charge is 0.220 e. The van der Waals surface area contributed by atoms with Crippen LogP contribution in [0.15, 0.2) is 53.7 Å². The largest absolute Gasteiger partial charge is 0.481 e. The molecular weight excluding hydrogens is 412 g/mol. The van der Waals surface area contributed by atoms with E-state index in [1.165, 1.54) is 11.8 Å². The standard InChI is InChI=1S/C20H17ClN4O3S/c1-3-12-28-18-10-4-15(5-11-18)19(13-24(26)27)29-20-23-22-14(2)25(20)17-8-6-16(21)7-9-17/h1,4-11,19H,12-13H2,2H3/t19-/m1/s1. The van der Waals surface area contributed by atoms with Gasteiger partial charge in [-0.15, -0.1) is 16.6 Å². The van der Waals surface area contributed by atoms with Crippen LogP contribution in [-0.4, -0.2) is 32.8 Å². The van der Waals surface area contributed by atoms with Crippen LogP contribution in [0.25, 0.3) is 5.69 Å². The number of benzene rings is 2. The van der Waals surface area contributed by atoms with Gasteiger partial charge in [0.15, 0.2) is 5.16 Å². The van der Waals surface area contributed by atoms with Crippen LogP contribution in [0.1, 0.15) is 16.6 Å². The van der Waals surface area contributed by atoms with Gasteiger partial charge in [0, 0.05) is 15.6 Å². The highest BCUT2D eigenvalue weighted by Crippen LogP contribution is 2.36. The van der Waals surface area contributed by atoms with Gasteiger partial charge < -0.3 is 4.74 Å². The number of aromatic nitrogens is 3. The first-order chi connectivity index (χ1) is 14.0. The molecule has 0 N–H and O–H groups in total. The first-order valence-corrected chi connectivity index (χ1v) is 9.86. The van der Waals surface area contributed by atoms with Crippen molar-refractivity contribution in [3.8, 4) is 23.8 Å². The van der Waals surface area contributed by atoms with E-state index < -0.39 is 5.25 Å². The molecule has 0 fully saturated rings. The molecule has 0 unspecified atom stereocenters. The minimum Gasteiger partial charge on any atom is -0.481 e. The summed E-state index contributed by atoms with van der Waals surface area (Å²) in [5.74, 6) is 3.68.